The van der Waals surface area contributed by atoms with Gasteiger partial charge in [-0.25, -0.2) is 0 Å². The van der Waals surface area contributed by atoms with Crippen LogP contribution < -0.4 is 10.6 Å². The Hall–Kier alpha value is -2.84. The Morgan fingerprint density at radius 3 is 2.50 bits per heavy atom. The Balaban J connectivity index is 1.65. The third-order valence-corrected chi connectivity index (χ3v) is 6.24. The van der Waals surface area contributed by atoms with Crippen molar-refractivity contribution >= 4 is 23.6 Å². The first-order valence-corrected chi connectivity index (χ1v) is 11.1. The monoisotopic (exact) mass is 449 g/mol. The quantitative estimate of drug-likeness (QED) is 0.669. The van der Waals surface area contributed by atoms with Crippen molar-refractivity contribution in [3.8, 4) is 0 Å². The second-order valence-electron chi connectivity index (χ2n) is 8.53. The van der Waals surface area contributed by atoms with E-state index in [1.165, 1.54) is 11.8 Å². The lowest BCUT2D eigenvalue weighted by atomic mass is 9.84. The molecule has 9 heteroatoms. The molecule has 1 aromatic carbocycles. The molecule has 2 N–H and O–H groups in total. The third kappa shape index (κ3) is 4.97. The molecule has 0 spiro atoms. The van der Waals surface area contributed by atoms with Gasteiger partial charge in [0.2, 0.25) is 11.8 Å². The number of carbonyl (C=O) groups is 4. The number of amides is 4. The van der Waals surface area contributed by atoms with Crippen molar-refractivity contribution < 1.29 is 28.0 Å². The minimum absolute atomic E-state index is 0.0787. The summed E-state index contributed by atoms with van der Waals surface area (Å²) < 4.78 is 29.0. The molecule has 1 fully saturated rings. The smallest absolute Gasteiger partial charge is 0.327 e. The second-order valence-corrected chi connectivity index (χ2v) is 8.53. The molecule has 1 atom stereocenters. The molecular formula is C23H29F2N3O4. The first-order chi connectivity index (χ1) is 15.1. The van der Waals surface area contributed by atoms with Crippen LogP contribution in [0.25, 0.3) is 0 Å². The van der Waals surface area contributed by atoms with E-state index in [1.54, 1.807) is 25.1 Å². The first kappa shape index (κ1) is 23.8. The summed E-state index contributed by atoms with van der Waals surface area (Å²) in [7, 11) is 0. The maximum Gasteiger partial charge on any atom is 0.327 e. The molecule has 3 rings (SSSR count). The van der Waals surface area contributed by atoms with Crippen molar-refractivity contribution in [2.24, 2.45) is 5.92 Å². The number of hydrogen-bond acceptors (Lipinski definition) is 4. The summed E-state index contributed by atoms with van der Waals surface area (Å²) in [6.07, 6.45) is 3.39. The molecule has 0 bridgehead atoms. The Bertz CT molecular complexity index is 913. The largest absolute Gasteiger partial charge is 0.347 e. The van der Waals surface area contributed by atoms with Gasteiger partial charge in [-0.15, -0.1) is 0 Å². The van der Waals surface area contributed by atoms with Gasteiger partial charge in [-0.3, -0.25) is 24.5 Å². The zero-order chi connectivity index (χ0) is 23.5. The fourth-order valence-corrected chi connectivity index (χ4v) is 4.51. The molecule has 0 radical (unpaired) electrons. The van der Waals surface area contributed by atoms with Gasteiger partial charge in [0.25, 0.3) is 11.8 Å². The average Bonchev–Trinajstić information content (AvgIpc) is 3.08. The van der Waals surface area contributed by atoms with Gasteiger partial charge in [0.15, 0.2) is 0 Å². The molecule has 2 aliphatic rings. The number of rotatable bonds is 7. The van der Waals surface area contributed by atoms with Crippen LogP contribution in [0, 0.1) is 5.92 Å². The first-order valence-electron chi connectivity index (χ1n) is 11.1. The van der Waals surface area contributed by atoms with Gasteiger partial charge in [-0.2, -0.15) is 8.78 Å². The van der Waals surface area contributed by atoms with Crippen molar-refractivity contribution in [3.63, 3.8) is 0 Å². The van der Waals surface area contributed by atoms with E-state index in [4.69, 9.17) is 0 Å². The molecule has 0 aromatic heterocycles. The molecule has 7 nitrogen and oxygen atoms in total. The minimum atomic E-state index is -3.40. The number of hydrogen-bond donors (Lipinski definition) is 2. The lowest BCUT2D eigenvalue weighted by Crippen LogP contribution is -2.47. The van der Waals surface area contributed by atoms with Gasteiger partial charge in [0.05, 0.1) is 0 Å². The van der Waals surface area contributed by atoms with Gasteiger partial charge in [0, 0.05) is 31.5 Å². The molecular weight excluding hydrogens is 420 g/mol. The molecule has 32 heavy (non-hydrogen) atoms. The Morgan fingerprint density at radius 1 is 1.19 bits per heavy atom. The van der Waals surface area contributed by atoms with Crippen LogP contribution in [0.5, 0.6) is 0 Å². The molecule has 1 saturated carbocycles. The maximum absolute atomic E-state index is 14.5. The maximum atomic E-state index is 14.5. The summed E-state index contributed by atoms with van der Waals surface area (Å²) in [4.78, 5) is 49.8. The Morgan fingerprint density at radius 2 is 1.88 bits per heavy atom. The Kier molecular flexibility index (Phi) is 7.26. The Labute approximate surface area is 185 Å². The van der Waals surface area contributed by atoms with Crippen LogP contribution in [0.1, 0.15) is 73.9 Å². The highest BCUT2D eigenvalue weighted by Crippen LogP contribution is 2.36. The van der Waals surface area contributed by atoms with Crippen LogP contribution in [-0.2, 0) is 27.5 Å². The zero-order valence-corrected chi connectivity index (χ0v) is 18.4. The summed E-state index contributed by atoms with van der Waals surface area (Å²) >= 11 is 0. The number of benzene rings is 1. The number of nitrogens with zero attached hydrogens (tertiary/aromatic N) is 1. The molecule has 1 heterocycles. The minimum Gasteiger partial charge on any atom is -0.347 e. The van der Waals surface area contributed by atoms with E-state index in [9.17, 15) is 28.0 Å². The average molecular weight is 449 g/mol. The lowest BCUT2D eigenvalue weighted by molar-refractivity contribution is -0.156. The lowest BCUT2D eigenvalue weighted by Gasteiger charge is -2.28. The van der Waals surface area contributed by atoms with Crippen LogP contribution in [0.2, 0.25) is 0 Å². The van der Waals surface area contributed by atoms with Gasteiger partial charge in [-0.1, -0.05) is 38.3 Å². The normalized spacial score (nSPS) is 17.6. The van der Waals surface area contributed by atoms with Crippen molar-refractivity contribution in [3.05, 3.63) is 34.9 Å². The molecule has 0 saturated heterocycles. The van der Waals surface area contributed by atoms with E-state index in [-0.39, 0.29) is 19.0 Å². The highest BCUT2D eigenvalue weighted by molar-refractivity contribution is 6.03. The zero-order valence-electron chi connectivity index (χ0n) is 18.4. The van der Waals surface area contributed by atoms with Crippen molar-refractivity contribution in [1.29, 1.82) is 0 Å². The number of carbonyl (C=O) groups excluding carboxylic acids is 4. The molecule has 174 valence electrons. The standard InChI is InChI=1S/C23H29F2N3O4/c1-3-19(20(30)27-14(2)29)28-13-16-11-15(9-10-18(16)21(28)31)12-26-22(32)23(24,25)17-7-5-4-6-8-17/h9-11,17,19H,3-8,12-13H2,1-2H3,(H,26,32)(H,27,29,30). The fraction of sp³-hybridized carbons (Fsp3) is 0.565. The number of alkyl halides is 2. The summed E-state index contributed by atoms with van der Waals surface area (Å²) in [6.45, 7) is 3.06. The predicted octanol–water partition coefficient (Wildman–Crippen LogP) is 2.92. The summed E-state index contributed by atoms with van der Waals surface area (Å²) in [5, 5.41) is 4.55. The van der Waals surface area contributed by atoms with Gasteiger partial charge < -0.3 is 10.2 Å². The molecule has 4 amide bonds. The van der Waals surface area contributed by atoms with Gasteiger partial charge in [-0.05, 0) is 36.5 Å². The van der Waals surface area contributed by atoms with E-state index in [0.29, 0.717) is 48.8 Å². The third-order valence-electron chi connectivity index (χ3n) is 6.24. The number of imide groups is 1. The topological polar surface area (TPSA) is 95.6 Å². The summed E-state index contributed by atoms with van der Waals surface area (Å²) in [5.41, 5.74) is 1.66. The summed E-state index contributed by atoms with van der Waals surface area (Å²) in [6, 6.07) is 4.07. The van der Waals surface area contributed by atoms with E-state index in [2.05, 4.69) is 10.6 Å². The SMILES string of the molecule is CCC(C(=O)NC(C)=O)N1Cc2cc(CNC(=O)C(F)(F)C3CCCCC3)ccc2C1=O. The number of halogens is 2. The fourth-order valence-electron chi connectivity index (χ4n) is 4.51. The van der Waals surface area contributed by atoms with Crippen molar-refractivity contribution in [2.75, 3.05) is 0 Å². The number of nitrogens with one attached hydrogen (secondary N) is 2. The van der Waals surface area contributed by atoms with E-state index >= 15 is 0 Å². The highest BCUT2D eigenvalue weighted by atomic mass is 19.3. The number of fused-ring (bicyclic) bond motifs is 1. The van der Waals surface area contributed by atoms with Crippen LogP contribution in [0.15, 0.2) is 18.2 Å². The predicted molar refractivity (Wildman–Crippen MR) is 113 cm³/mol. The molecule has 1 aliphatic heterocycles. The van der Waals surface area contributed by atoms with E-state index in [1.807, 2.05) is 0 Å². The van der Waals surface area contributed by atoms with E-state index in [0.717, 1.165) is 6.42 Å². The second kappa shape index (κ2) is 9.75. The highest BCUT2D eigenvalue weighted by Gasteiger charge is 2.46. The van der Waals surface area contributed by atoms with Gasteiger partial charge >= 0.3 is 5.92 Å². The van der Waals surface area contributed by atoms with Crippen LogP contribution in [0.3, 0.4) is 0 Å². The molecule has 1 aromatic rings. The van der Waals surface area contributed by atoms with Gasteiger partial charge in [0.1, 0.15) is 6.04 Å². The van der Waals surface area contributed by atoms with Crippen molar-refractivity contribution in [1.82, 2.24) is 15.5 Å². The summed E-state index contributed by atoms with van der Waals surface area (Å²) in [5.74, 6) is -6.96. The molecule has 1 unspecified atom stereocenters. The van der Waals surface area contributed by atoms with Crippen LogP contribution in [-0.4, -0.2) is 40.5 Å². The van der Waals surface area contributed by atoms with Crippen LogP contribution >= 0.6 is 0 Å². The van der Waals surface area contributed by atoms with E-state index < -0.39 is 35.6 Å². The molecule has 1 aliphatic carbocycles. The van der Waals surface area contributed by atoms with Crippen LogP contribution in [0.4, 0.5) is 8.78 Å². The van der Waals surface area contributed by atoms with Crippen molar-refractivity contribution in [2.45, 2.75) is 77.4 Å².